The lowest BCUT2D eigenvalue weighted by molar-refractivity contribution is 0.102. The molecule has 0 aliphatic heterocycles. The Labute approximate surface area is 182 Å². The predicted molar refractivity (Wildman–Crippen MR) is 120 cm³/mol. The molecule has 2 aromatic carbocycles. The van der Waals surface area contributed by atoms with Crippen LogP contribution in [0.1, 0.15) is 25.7 Å². The molecule has 0 saturated carbocycles. The van der Waals surface area contributed by atoms with Gasteiger partial charge in [-0.15, -0.1) is 11.3 Å². The van der Waals surface area contributed by atoms with Crippen LogP contribution in [0.5, 0.6) is 0 Å². The Bertz CT molecular complexity index is 1200. The van der Waals surface area contributed by atoms with E-state index in [4.69, 9.17) is 11.6 Å². The van der Waals surface area contributed by atoms with Crippen molar-refractivity contribution in [3.8, 4) is 5.69 Å². The van der Waals surface area contributed by atoms with E-state index in [9.17, 15) is 9.59 Å². The summed E-state index contributed by atoms with van der Waals surface area (Å²) in [6, 6.07) is 19.9. The van der Waals surface area contributed by atoms with E-state index in [0.717, 1.165) is 5.69 Å². The fraction of sp³-hybridized carbons (Fsp3) is 0.0455. The van der Waals surface area contributed by atoms with E-state index in [1.54, 1.807) is 37.3 Å². The Morgan fingerprint density at radius 3 is 2.30 bits per heavy atom. The Balaban J connectivity index is 1.53. The molecular weight excluding hydrogens is 420 g/mol. The fourth-order valence-electron chi connectivity index (χ4n) is 2.97. The van der Waals surface area contributed by atoms with Crippen LogP contribution in [0.4, 0.5) is 11.4 Å². The molecule has 8 heteroatoms. The molecule has 0 bridgehead atoms. The summed E-state index contributed by atoms with van der Waals surface area (Å²) in [6.07, 6.45) is 0. The van der Waals surface area contributed by atoms with Crippen molar-refractivity contribution in [2.24, 2.45) is 0 Å². The summed E-state index contributed by atoms with van der Waals surface area (Å²) in [7, 11) is 0. The van der Waals surface area contributed by atoms with Crippen molar-refractivity contribution in [1.29, 1.82) is 0 Å². The third-order valence-electron chi connectivity index (χ3n) is 4.36. The van der Waals surface area contributed by atoms with Crippen LogP contribution in [0.25, 0.3) is 5.69 Å². The van der Waals surface area contributed by atoms with E-state index in [1.165, 1.54) is 16.0 Å². The lowest BCUT2D eigenvalue weighted by Crippen LogP contribution is -2.14. The van der Waals surface area contributed by atoms with Crippen LogP contribution in [0.15, 0.2) is 72.1 Å². The largest absolute Gasteiger partial charge is 0.322 e. The first-order valence-electron chi connectivity index (χ1n) is 9.10. The van der Waals surface area contributed by atoms with Gasteiger partial charge in [-0.1, -0.05) is 41.9 Å². The van der Waals surface area contributed by atoms with Crippen LogP contribution in [-0.4, -0.2) is 21.6 Å². The van der Waals surface area contributed by atoms with Crippen LogP contribution < -0.4 is 10.6 Å². The zero-order valence-corrected chi connectivity index (χ0v) is 17.5. The predicted octanol–water partition coefficient (Wildman–Crippen LogP) is 5.40. The molecule has 2 N–H and O–H groups in total. The van der Waals surface area contributed by atoms with Crippen LogP contribution in [0.3, 0.4) is 0 Å². The second kappa shape index (κ2) is 8.52. The van der Waals surface area contributed by atoms with E-state index in [0.29, 0.717) is 27.5 Å². The second-order valence-corrected chi connectivity index (χ2v) is 7.77. The number of carbonyl (C=O) groups excluding carboxylic acids is 2. The molecule has 150 valence electrons. The molecular formula is C22H17ClN4O2S. The zero-order valence-electron chi connectivity index (χ0n) is 15.9. The minimum Gasteiger partial charge on any atom is -0.322 e. The number of aryl methyl sites for hydroxylation is 1. The highest BCUT2D eigenvalue weighted by molar-refractivity contribution is 7.12. The standard InChI is InChI=1S/C22H17ClN4O2S/c1-14-19(20(23)27(26-14)17-9-3-2-4-10-17)22(29)25-16-8-5-7-15(13-16)24-21(28)18-11-6-12-30-18/h2-13H,1H3,(H,24,28)(H,25,29). The molecule has 0 atom stereocenters. The third-order valence-corrected chi connectivity index (χ3v) is 5.57. The summed E-state index contributed by atoms with van der Waals surface area (Å²) < 4.78 is 1.53. The summed E-state index contributed by atoms with van der Waals surface area (Å²) in [4.78, 5) is 25.7. The van der Waals surface area contributed by atoms with E-state index in [-0.39, 0.29) is 17.0 Å². The van der Waals surface area contributed by atoms with Gasteiger partial charge in [-0.2, -0.15) is 5.10 Å². The summed E-state index contributed by atoms with van der Waals surface area (Å²) in [6.45, 7) is 1.73. The summed E-state index contributed by atoms with van der Waals surface area (Å²) in [5.74, 6) is -0.571. The molecule has 0 spiro atoms. The maximum absolute atomic E-state index is 12.9. The molecule has 0 radical (unpaired) electrons. The Hall–Kier alpha value is -3.42. The number of thiophene rings is 1. The topological polar surface area (TPSA) is 76.0 Å². The SMILES string of the molecule is Cc1nn(-c2ccccc2)c(Cl)c1C(=O)Nc1cccc(NC(=O)c2cccs2)c1. The van der Waals surface area contributed by atoms with Gasteiger partial charge >= 0.3 is 0 Å². The smallest absolute Gasteiger partial charge is 0.265 e. The zero-order chi connectivity index (χ0) is 21.1. The van der Waals surface area contributed by atoms with Crippen LogP contribution >= 0.6 is 22.9 Å². The molecule has 30 heavy (non-hydrogen) atoms. The van der Waals surface area contributed by atoms with Crippen molar-refractivity contribution >= 4 is 46.1 Å². The maximum atomic E-state index is 12.9. The van der Waals surface area contributed by atoms with Crippen LogP contribution in [-0.2, 0) is 0 Å². The van der Waals surface area contributed by atoms with Crippen molar-refractivity contribution < 1.29 is 9.59 Å². The highest BCUT2D eigenvalue weighted by Crippen LogP contribution is 2.25. The number of para-hydroxylation sites is 1. The molecule has 4 rings (SSSR count). The minimum atomic E-state index is -0.374. The summed E-state index contributed by atoms with van der Waals surface area (Å²) in [5.41, 5.74) is 2.70. The van der Waals surface area contributed by atoms with E-state index in [1.807, 2.05) is 41.8 Å². The lowest BCUT2D eigenvalue weighted by atomic mass is 10.2. The summed E-state index contributed by atoms with van der Waals surface area (Å²) in [5, 5.41) is 12.1. The van der Waals surface area contributed by atoms with Gasteiger partial charge in [0.1, 0.15) is 10.7 Å². The average Bonchev–Trinajstić information content (AvgIpc) is 3.37. The highest BCUT2D eigenvalue weighted by Gasteiger charge is 2.21. The number of nitrogens with zero attached hydrogens (tertiary/aromatic N) is 2. The molecule has 0 saturated heterocycles. The molecule has 2 aromatic heterocycles. The summed E-state index contributed by atoms with van der Waals surface area (Å²) >= 11 is 7.83. The van der Waals surface area contributed by atoms with Gasteiger partial charge in [-0.05, 0) is 48.7 Å². The number of hydrogen-bond acceptors (Lipinski definition) is 4. The molecule has 6 nitrogen and oxygen atoms in total. The lowest BCUT2D eigenvalue weighted by Gasteiger charge is -2.09. The van der Waals surface area contributed by atoms with Crippen molar-refractivity contribution in [2.45, 2.75) is 6.92 Å². The van der Waals surface area contributed by atoms with E-state index >= 15 is 0 Å². The van der Waals surface area contributed by atoms with Gasteiger partial charge in [0.05, 0.1) is 16.3 Å². The number of halogens is 1. The number of nitrogens with one attached hydrogen (secondary N) is 2. The van der Waals surface area contributed by atoms with Gasteiger partial charge < -0.3 is 10.6 Å². The highest BCUT2D eigenvalue weighted by atomic mass is 35.5. The molecule has 4 aromatic rings. The van der Waals surface area contributed by atoms with Gasteiger partial charge in [-0.3, -0.25) is 9.59 Å². The second-order valence-electron chi connectivity index (χ2n) is 6.46. The van der Waals surface area contributed by atoms with Crippen molar-refractivity contribution in [1.82, 2.24) is 9.78 Å². The first kappa shape index (κ1) is 19.9. The first-order valence-corrected chi connectivity index (χ1v) is 10.4. The minimum absolute atomic E-state index is 0.198. The number of aromatic nitrogens is 2. The van der Waals surface area contributed by atoms with Gasteiger partial charge in [-0.25, -0.2) is 4.68 Å². The Morgan fingerprint density at radius 2 is 1.63 bits per heavy atom. The number of benzene rings is 2. The molecule has 2 heterocycles. The molecule has 0 fully saturated rings. The Kier molecular flexibility index (Phi) is 5.65. The third kappa shape index (κ3) is 4.12. The molecule has 0 aliphatic carbocycles. The van der Waals surface area contributed by atoms with Gasteiger partial charge in [0.2, 0.25) is 0 Å². The van der Waals surface area contributed by atoms with Gasteiger partial charge in [0, 0.05) is 11.4 Å². The molecule has 0 unspecified atom stereocenters. The van der Waals surface area contributed by atoms with Gasteiger partial charge in [0.15, 0.2) is 0 Å². The number of carbonyl (C=O) groups is 2. The normalized spacial score (nSPS) is 10.6. The molecule has 0 aliphatic rings. The average molecular weight is 437 g/mol. The number of amides is 2. The van der Waals surface area contributed by atoms with E-state index < -0.39 is 0 Å². The van der Waals surface area contributed by atoms with Gasteiger partial charge in [0.25, 0.3) is 11.8 Å². The monoisotopic (exact) mass is 436 g/mol. The van der Waals surface area contributed by atoms with Crippen LogP contribution in [0.2, 0.25) is 5.15 Å². The number of rotatable bonds is 5. The quantitative estimate of drug-likeness (QED) is 0.439. The maximum Gasteiger partial charge on any atom is 0.265 e. The van der Waals surface area contributed by atoms with Crippen molar-refractivity contribution in [3.05, 3.63) is 93.4 Å². The van der Waals surface area contributed by atoms with E-state index in [2.05, 4.69) is 15.7 Å². The van der Waals surface area contributed by atoms with Crippen molar-refractivity contribution in [3.63, 3.8) is 0 Å². The number of hydrogen-bond donors (Lipinski definition) is 2. The Morgan fingerprint density at radius 1 is 0.933 bits per heavy atom. The first-order chi connectivity index (χ1) is 14.5. The van der Waals surface area contributed by atoms with Crippen molar-refractivity contribution in [2.75, 3.05) is 10.6 Å². The number of anilines is 2. The van der Waals surface area contributed by atoms with Crippen LogP contribution in [0, 0.1) is 6.92 Å². The fourth-order valence-corrected chi connectivity index (χ4v) is 3.94. The molecule has 2 amide bonds.